The van der Waals surface area contributed by atoms with E-state index in [9.17, 15) is 9.59 Å². The van der Waals surface area contributed by atoms with Gasteiger partial charge in [-0.2, -0.15) is 0 Å². The Morgan fingerprint density at radius 2 is 1.86 bits per heavy atom. The highest BCUT2D eigenvalue weighted by Gasteiger charge is 2.15. The van der Waals surface area contributed by atoms with Crippen molar-refractivity contribution in [1.82, 2.24) is 4.90 Å². The fourth-order valence-electron chi connectivity index (χ4n) is 2.20. The maximum Gasteiger partial charge on any atom is 0.249 e. The van der Waals surface area contributed by atoms with E-state index in [2.05, 4.69) is 11.6 Å². The molecule has 21 heavy (non-hydrogen) atoms. The normalized spacial score (nSPS) is 18.0. The van der Waals surface area contributed by atoms with Gasteiger partial charge < -0.3 is 4.90 Å². The Kier molecular flexibility index (Phi) is 7.65. The number of rotatable bonds is 3. The first-order valence-corrected chi connectivity index (χ1v) is 7.68. The quantitative estimate of drug-likeness (QED) is 0.750. The summed E-state index contributed by atoms with van der Waals surface area (Å²) in [6.07, 6.45) is 8.47. The van der Waals surface area contributed by atoms with Crippen molar-refractivity contribution in [3.8, 4) is 0 Å². The van der Waals surface area contributed by atoms with Crippen LogP contribution in [0.2, 0.25) is 0 Å². The number of nitrogens with zero attached hydrogens (tertiary/aromatic N) is 2. The largest absolute Gasteiger partial charge is 0.339 e. The third-order valence-electron chi connectivity index (χ3n) is 3.52. The summed E-state index contributed by atoms with van der Waals surface area (Å²) in [5, 5.41) is 0. The molecule has 0 unspecified atom stereocenters. The van der Waals surface area contributed by atoms with Gasteiger partial charge in [-0.1, -0.05) is 19.4 Å². The van der Waals surface area contributed by atoms with Crippen molar-refractivity contribution in [3.63, 3.8) is 0 Å². The third kappa shape index (κ3) is 6.52. The van der Waals surface area contributed by atoms with Gasteiger partial charge in [-0.25, -0.2) is 0 Å². The van der Waals surface area contributed by atoms with Crippen LogP contribution in [0.5, 0.6) is 0 Å². The van der Waals surface area contributed by atoms with E-state index in [1.807, 2.05) is 11.1 Å². The van der Waals surface area contributed by atoms with E-state index in [-0.39, 0.29) is 11.7 Å². The van der Waals surface area contributed by atoms with Crippen LogP contribution in [0.4, 0.5) is 0 Å². The van der Waals surface area contributed by atoms with Crippen LogP contribution in [0.3, 0.4) is 0 Å². The summed E-state index contributed by atoms with van der Waals surface area (Å²) < 4.78 is 0. The minimum absolute atomic E-state index is 0.0581. The van der Waals surface area contributed by atoms with E-state index in [0.29, 0.717) is 17.7 Å². The Morgan fingerprint density at radius 1 is 1.14 bits per heavy atom. The zero-order valence-corrected chi connectivity index (χ0v) is 13.2. The SMILES string of the molecule is C=C(C)C(=O)/C=C(\C)C(=O)N1CCC=NCCCCCC1. The van der Waals surface area contributed by atoms with Crippen LogP contribution in [0.1, 0.15) is 46.0 Å². The molecular weight excluding hydrogens is 264 g/mol. The molecule has 0 radical (unpaired) electrons. The van der Waals surface area contributed by atoms with Crippen LogP contribution in [-0.4, -0.2) is 42.4 Å². The standard InChI is InChI=1S/C17H26N2O2/c1-14(2)16(20)13-15(3)17(21)19-11-7-5-4-6-9-18-10-8-12-19/h10,13H,1,4-9,11-12H2,2-3H3/b15-13+,18-10?. The lowest BCUT2D eigenvalue weighted by molar-refractivity contribution is -0.127. The summed E-state index contributed by atoms with van der Waals surface area (Å²) in [4.78, 5) is 30.2. The number of aliphatic imine (C=N–C) groups is 1. The summed E-state index contributed by atoms with van der Waals surface area (Å²) in [5.41, 5.74) is 0.932. The molecule has 0 bridgehead atoms. The summed E-state index contributed by atoms with van der Waals surface area (Å²) in [6.45, 7) is 9.25. The molecule has 0 fully saturated rings. The van der Waals surface area contributed by atoms with Gasteiger partial charge >= 0.3 is 0 Å². The van der Waals surface area contributed by atoms with E-state index >= 15 is 0 Å². The van der Waals surface area contributed by atoms with Crippen molar-refractivity contribution in [2.75, 3.05) is 19.6 Å². The molecule has 1 aliphatic heterocycles. The molecule has 0 saturated heterocycles. The van der Waals surface area contributed by atoms with Crippen LogP contribution >= 0.6 is 0 Å². The molecule has 1 rings (SSSR count). The molecule has 0 aromatic heterocycles. The maximum atomic E-state index is 12.4. The summed E-state index contributed by atoms with van der Waals surface area (Å²) in [5.74, 6) is -0.238. The zero-order chi connectivity index (χ0) is 15.7. The Labute approximate surface area is 127 Å². The minimum atomic E-state index is -0.180. The maximum absolute atomic E-state index is 12.4. The van der Waals surface area contributed by atoms with Crippen molar-refractivity contribution < 1.29 is 9.59 Å². The molecule has 0 saturated carbocycles. The molecule has 116 valence electrons. The van der Waals surface area contributed by atoms with Gasteiger partial charge in [-0.05, 0) is 44.8 Å². The first-order chi connectivity index (χ1) is 10.0. The van der Waals surface area contributed by atoms with Crippen LogP contribution in [0, 0.1) is 0 Å². The van der Waals surface area contributed by atoms with Crippen molar-refractivity contribution in [2.24, 2.45) is 4.99 Å². The number of ketones is 1. The Bertz CT molecular complexity index is 450. The predicted octanol–water partition coefficient (Wildman–Crippen LogP) is 2.94. The van der Waals surface area contributed by atoms with E-state index in [1.165, 1.54) is 6.08 Å². The predicted molar refractivity (Wildman–Crippen MR) is 86.6 cm³/mol. The Hall–Kier alpha value is -1.71. The van der Waals surface area contributed by atoms with Gasteiger partial charge in [0.1, 0.15) is 0 Å². The van der Waals surface area contributed by atoms with Gasteiger partial charge in [-0.3, -0.25) is 14.6 Å². The van der Waals surface area contributed by atoms with Crippen molar-refractivity contribution in [2.45, 2.75) is 46.0 Å². The molecule has 0 aliphatic carbocycles. The van der Waals surface area contributed by atoms with Crippen molar-refractivity contribution >= 4 is 17.9 Å². The molecule has 0 atom stereocenters. The molecular formula is C17H26N2O2. The molecule has 1 aliphatic rings. The average Bonchev–Trinajstić information content (AvgIpc) is 2.51. The molecule has 4 nitrogen and oxygen atoms in total. The lowest BCUT2D eigenvalue weighted by Gasteiger charge is -2.22. The van der Waals surface area contributed by atoms with Gasteiger partial charge in [0.2, 0.25) is 5.91 Å². The number of carbonyl (C=O) groups excluding carboxylic acids is 2. The van der Waals surface area contributed by atoms with Crippen molar-refractivity contribution in [1.29, 1.82) is 0 Å². The topological polar surface area (TPSA) is 49.7 Å². The molecule has 0 N–H and O–H groups in total. The number of amides is 1. The Balaban J connectivity index is 2.71. The van der Waals surface area contributed by atoms with E-state index in [4.69, 9.17) is 0 Å². The molecule has 0 aromatic carbocycles. The Morgan fingerprint density at radius 3 is 2.57 bits per heavy atom. The minimum Gasteiger partial charge on any atom is -0.339 e. The van der Waals surface area contributed by atoms with Crippen LogP contribution in [0.25, 0.3) is 0 Å². The van der Waals surface area contributed by atoms with Gasteiger partial charge in [-0.15, -0.1) is 0 Å². The monoisotopic (exact) mass is 290 g/mol. The number of carbonyl (C=O) groups is 2. The first kappa shape index (κ1) is 17.3. The van der Waals surface area contributed by atoms with Crippen LogP contribution in [0.15, 0.2) is 28.8 Å². The van der Waals surface area contributed by atoms with Gasteiger partial charge in [0.05, 0.1) is 0 Å². The second-order valence-electron chi connectivity index (χ2n) is 5.56. The lowest BCUT2D eigenvalue weighted by atomic mass is 10.1. The average molecular weight is 290 g/mol. The van der Waals surface area contributed by atoms with Crippen molar-refractivity contribution in [3.05, 3.63) is 23.8 Å². The summed E-state index contributed by atoms with van der Waals surface area (Å²) in [6, 6.07) is 0. The number of hydrogen-bond donors (Lipinski definition) is 0. The highest BCUT2D eigenvalue weighted by atomic mass is 16.2. The highest BCUT2D eigenvalue weighted by Crippen LogP contribution is 2.09. The lowest BCUT2D eigenvalue weighted by Crippen LogP contribution is -2.34. The first-order valence-electron chi connectivity index (χ1n) is 7.68. The van der Waals surface area contributed by atoms with Gasteiger partial charge in [0.15, 0.2) is 5.78 Å². The third-order valence-corrected chi connectivity index (χ3v) is 3.52. The smallest absolute Gasteiger partial charge is 0.249 e. The molecule has 0 spiro atoms. The van der Waals surface area contributed by atoms with Gasteiger partial charge in [0, 0.05) is 31.4 Å². The molecule has 1 heterocycles. The van der Waals surface area contributed by atoms with E-state index < -0.39 is 0 Å². The highest BCUT2D eigenvalue weighted by molar-refractivity contribution is 6.08. The second-order valence-corrected chi connectivity index (χ2v) is 5.56. The molecule has 4 heteroatoms. The van der Waals surface area contributed by atoms with Crippen LogP contribution in [-0.2, 0) is 9.59 Å². The fraction of sp³-hybridized carbons (Fsp3) is 0.588. The molecule has 1 amide bonds. The number of hydrogen-bond acceptors (Lipinski definition) is 3. The number of allylic oxidation sites excluding steroid dienone is 2. The van der Waals surface area contributed by atoms with Crippen LogP contribution < -0.4 is 0 Å². The van der Waals surface area contributed by atoms with E-state index in [1.54, 1.807) is 13.8 Å². The second kappa shape index (κ2) is 9.27. The summed E-state index contributed by atoms with van der Waals surface area (Å²) in [7, 11) is 0. The molecule has 0 aromatic rings. The summed E-state index contributed by atoms with van der Waals surface area (Å²) >= 11 is 0. The van der Waals surface area contributed by atoms with Gasteiger partial charge in [0.25, 0.3) is 0 Å². The zero-order valence-electron chi connectivity index (χ0n) is 13.2. The van der Waals surface area contributed by atoms with E-state index in [0.717, 1.165) is 45.2 Å². The fourth-order valence-corrected chi connectivity index (χ4v) is 2.20.